The van der Waals surface area contributed by atoms with Gasteiger partial charge in [-0.25, -0.2) is 0 Å². The normalized spacial score (nSPS) is 10.4. The smallest absolute Gasteiger partial charge is 0.253 e. The van der Waals surface area contributed by atoms with Crippen molar-refractivity contribution < 1.29 is 4.79 Å². The number of nitrogens with two attached hydrogens (primary N) is 1. The molecule has 1 amide bonds. The van der Waals surface area contributed by atoms with E-state index in [9.17, 15) is 4.79 Å². The lowest BCUT2D eigenvalue weighted by Gasteiger charge is -2.06. The molecule has 100 valence electrons. The summed E-state index contributed by atoms with van der Waals surface area (Å²) >= 11 is 0. The number of carbonyl (C=O) groups is 1. The number of rotatable bonds is 5. The monoisotopic (exact) mass is 258 g/mol. The lowest BCUT2D eigenvalue weighted by atomic mass is 10.1. The van der Waals surface area contributed by atoms with Crippen molar-refractivity contribution >= 4 is 11.6 Å². The minimum absolute atomic E-state index is 0.121. The number of nitrogens with one attached hydrogen (secondary N) is 1. The number of anilines is 1. The first-order valence-electron chi connectivity index (χ1n) is 6.27. The van der Waals surface area contributed by atoms with E-state index in [1.807, 2.05) is 25.5 Å². The Balaban J connectivity index is 1.77. The number of nitrogens with zero attached hydrogens (tertiary/aromatic N) is 2. The van der Waals surface area contributed by atoms with E-state index in [1.54, 1.807) is 22.9 Å². The van der Waals surface area contributed by atoms with Crippen LogP contribution >= 0.6 is 0 Å². The molecule has 0 unspecified atom stereocenters. The van der Waals surface area contributed by atoms with Gasteiger partial charge in [0, 0.05) is 25.5 Å². The highest BCUT2D eigenvalue weighted by Gasteiger charge is 2.07. The highest BCUT2D eigenvalue weighted by Crippen LogP contribution is 2.09. The summed E-state index contributed by atoms with van der Waals surface area (Å²) in [4.78, 5) is 11.9. The fourth-order valence-electron chi connectivity index (χ4n) is 1.89. The maximum absolute atomic E-state index is 11.9. The Labute approximate surface area is 112 Å². The van der Waals surface area contributed by atoms with Crippen LogP contribution in [0.1, 0.15) is 22.3 Å². The van der Waals surface area contributed by atoms with E-state index >= 15 is 0 Å². The summed E-state index contributed by atoms with van der Waals surface area (Å²) in [6, 6.07) is 7.08. The van der Waals surface area contributed by atoms with Crippen LogP contribution in [0.15, 0.2) is 36.7 Å². The van der Waals surface area contributed by atoms with E-state index in [-0.39, 0.29) is 5.91 Å². The van der Waals surface area contributed by atoms with Crippen LogP contribution in [0.25, 0.3) is 0 Å². The van der Waals surface area contributed by atoms with Crippen LogP contribution in [0.5, 0.6) is 0 Å². The first-order valence-corrected chi connectivity index (χ1v) is 6.27. The Bertz CT molecular complexity index is 562. The molecule has 5 heteroatoms. The van der Waals surface area contributed by atoms with Crippen molar-refractivity contribution in [3.05, 3.63) is 47.8 Å². The predicted octanol–water partition coefficient (Wildman–Crippen LogP) is 1.36. The van der Waals surface area contributed by atoms with E-state index < -0.39 is 0 Å². The van der Waals surface area contributed by atoms with Crippen molar-refractivity contribution in [2.45, 2.75) is 12.8 Å². The van der Waals surface area contributed by atoms with Crippen LogP contribution in [-0.2, 0) is 13.5 Å². The molecule has 0 atom stereocenters. The zero-order valence-electron chi connectivity index (χ0n) is 11.0. The summed E-state index contributed by atoms with van der Waals surface area (Å²) in [6.45, 7) is 0.627. The summed E-state index contributed by atoms with van der Waals surface area (Å²) in [6.07, 6.45) is 5.61. The van der Waals surface area contributed by atoms with E-state index in [0.29, 0.717) is 17.8 Å². The average molecular weight is 258 g/mol. The van der Waals surface area contributed by atoms with Gasteiger partial charge in [-0.1, -0.05) is 12.1 Å². The summed E-state index contributed by atoms with van der Waals surface area (Å²) in [5.74, 6) is -0.121. The highest BCUT2D eigenvalue weighted by atomic mass is 16.1. The topological polar surface area (TPSA) is 72.9 Å². The lowest BCUT2D eigenvalue weighted by Crippen LogP contribution is -2.25. The molecular formula is C14H18N4O. The summed E-state index contributed by atoms with van der Waals surface area (Å²) in [5.41, 5.74) is 7.96. The summed E-state index contributed by atoms with van der Waals surface area (Å²) < 4.78 is 1.78. The zero-order chi connectivity index (χ0) is 13.7. The molecule has 3 N–H and O–H groups in total. The standard InChI is InChI=1S/C14H18N4O/c1-18-10-11(9-17-18)5-4-8-16-14(19)12-6-2-3-7-13(12)15/h2-3,6-7,9-10H,4-5,8,15H2,1H3,(H,16,19). The molecule has 19 heavy (non-hydrogen) atoms. The van der Waals surface area contributed by atoms with Gasteiger partial charge in [-0.3, -0.25) is 9.48 Å². The van der Waals surface area contributed by atoms with Gasteiger partial charge < -0.3 is 11.1 Å². The van der Waals surface area contributed by atoms with Crippen molar-refractivity contribution in [1.82, 2.24) is 15.1 Å². The predicted molar refractivity (Wildman–Crippen MR) is 74.7 cm³/mol. The number of aryl methyl sites for hydroxylation is 2. The Morgan fingerprint density at radius 2 is 2.21 bits per heavy atom. The molecule has 0 spiro atoms. The molecule has 2 aromatic rings. The minimum Gasteiger partial charge on any atom is -0.398 e. The van der Waals surface area contributed by atoms with Crippen molar-refractivity contribution in [2.24, 2.45) is 7.05 Å². The molecule has 0 saturated carbocycles. The highest BCUT2D eigenvalue weighted by molar-refractivity contribution is 5.98. The van der Waals surface area contributed by atoms with Crippen molar-refractivity contribution in [3.8, 4) is 0 Å². The van der Waals surface area contributed by atoms with Crippen molar-refractivity contribution in [2.75, 3.05) is 12.3 Å². The first-order chi connectivity index (χ1) is 9.16. The fourth-order valence-corrected chi connectivity index (χ4v) is 1.89. The van der Waals surface area contributed by atoms with Gasteiger partial charge in [0.15, 0.2) is 0 Å². The van der Waals surface area contributed by atoms with Gasteiger partial charge in [0.05, 0.1) is 11.8 Å². The van der Waals surface area contributed by atoms with Gasteiger partial charge in [0.1, 0.15) is 0 Å². The molecule has 0 aliphatic carbocycles. The molecule has 0 aliphatic heterocycles. The van der Waals surface area contributed by atoms with Gasteiger partial charge in [-0.15, -0.1) is 0 Å². The Hall–Kier alpha value is -2.30. The maximum Gasteiger partial charge on any atom is 0.253 e. The van der Waals surface area contributed by atoms with Crippen molar-refractivity contribution in [3.63, 3.8) is 0 Å². The minimum atomic E-state index is -0.121. The average Bonchev–Trinajstić information content (AvgIpc) is 2.81. The number of carbonyl (C=O) groups excluding carboxylic acids is 1. The molecule has 0 fully saturated rings. The lowest BCUT2D eigenvalue weighted by molar-refractivity contribution is 0.0954. The van der Waals surface area contributed by atoms with Gasteiger partial charge in [-0.2, -0.15) is 5.10 Å². The molecule has 0 saturated heterocycles. The van der Waals surface area contributed by atoms with E-state index in [1.165, 1.54) is 5.56 Å². The van der Waals surface area contributed by atoms with Crippen LogP contribution in [-0.4, -0.2) is 22.2 Å². The van der Waals surface area contributed by atoms with Crippen LogP contribution in [0.4, 0.5) is 5.69 Å². The number of benzene rings is 1. The van der Waals surface area contributed by atoms with E-state index in [2.05, 4.69) is 10.4 Å². The number of hydrogen-bond donors (Lipinski definition) is 2. The third-order valence-electron chi connectivity index (χ3n) is 2.89. The molecule has 0 radical (unpaired) electrons. The van der Waals surface area contributed by atoms with Crippen molar-refractivity contribution in [1.29, 1.82) is 0 Å². The second-order valence-electron chi connectivity index (χ2n) is 4.47. The van der Waals surface area contributed by atoms with Gasteiger partial charge in [0.25, 0.3) is 5.91 Å². The molecule has 2 rings (SSSR count). The largest absolute Gasteiger partial charge is 0.398 e. The maximum atomic E-state index is 11.9. The molecule has 1 heterocycles. The SMILES string of the molecule is Cn1cc(CCCNC(=O)c2ccccc2N)cn1. The molecule has 5 nitrogen and oxygen atoms in total. The quantitative estimate of drug-likeness (QED) is 0.628. The van der Waals surface area contributed by atoms with Crippen LogP contribution in [0.2, 0.25) is 0 Å². The van der Waals surface area contributed by atoms with Gasteiger partial charge in [-0.05, 0) is 30.5 Å². The molecule has 0 aliphatic rings. The first kappa shape index (κ1) is 13.1. The Kier molecular flexibility index (Phi) is 4.18. The van der Waals surface area contributed by atoms with Crippen LogP contribution < -0.4 is 11.1 Å². The number of nitrogen functional groups attached to an aromatic ring is 1. The fraction of sp³-hybridized carbons (Fsp3) is 0.286. The number of para-hydroxylation sites is 1. The van der Waals surface area contributed by atoms with E-state index in [0.717, 1.165) is 12.8 Å². The summed E-state index contributed by atoms with van der Waals surface area (Å²) in [5, 5.41) is 6.97. The third-order valence-corrected chi connectivity index (χ3v) is 2.89. The number of amides is 1. The molecule has 0 bridgehead atoms. The molecule has 1 aromatic heterocycles. The van der Waals surface area contributed by atoms with Gasteiger partial charge >= 0.3 is 0 Å². The molecular weight excluding hydrogens is 240 g/mol. The second kappa shape index (κ2) is 6.04. The number of hydrogen-bond acceptors (Lipinski definition) is 3. The second-order valence-corrected chi connectivity index (χ2v) is 4.47. The molecule has 1 aromatic carbocycles. The third kappa shape index (κ3) is 3.58. The zero-order valence-corrected chi connectivity index (χ0v) is 11.0. The van der Waals surface area contributed by atoms with Gasteiger partial charge in [0.2, 0.25) is 0 Å². The Morgan fingerprint density at radius 1 is 1.42 bits per heavy atom. The number of aromatic nitrogens is 2. The van der Waals surface area contributed by atoms with Crippen LogP contribution in [0.3, 0.4) is 0 Å². The van der Waals surface area contributed by atoms with E-state index in [4.69, 9.17) is 5.73 Å². The Morgan fingerprint density at radius 3 is 2.89 bits per heavy atom. The van der Waals surface area contributed by atoms with Crippen LogP contribution in [0, 0.1) is 0 Å². The summed E-state index contributed by atoms with van der Waals surface area (Å²) in [7, 11) is 1.89.